The summed E-state index contributed by atoms with van der Waals surface area (Å²) in [5.74, 6) is 0.149. The molecule has 3 N–H and O–H groups in total. The van der Waals surface area contributed by atoms with Gasteiger partial charge in [0.1, 0.15) is 11.8 Å². The highest BCUT2D eigenvalue weighted by Gasteiger charge is 2.19. The molecule has 1 atom stereocenters. The summed E-state index contributed by atoms with van der Waals surface area (Å²) in [5.41, 5.74) is 2.07. The van der Waals surface area contributed by atoms with E-state index in [-0.39, 0.29) is 17.5 Å². The number of nitrogens with one attached hydrogen (secondary N) is 3. The van der Waals surface area contributed by atoms with Crippen molar-refractivity contribution in [2.24, 2.45) is 0 Å². The first kappa shape index (κ1) is 18.4. The quantitative estimate of drug-likeness (QED) is 0.596. The molecule has 1 aromatic heterocycles. The van der Waals surface area contributed by atoms with Crippen LogP contribution in [-0.4, -0.2) is 41.7 Å². The molecule has 0 radical (unpaired) electrons. The van der Waals surface area contributed by atoms with Gasteiger partial charge in [0.2, 0.25) is 5.91 Å². The molecule has 1 heterocycles. The second kappa shape index (κ2) is 8.35. The van der Waals surface area contributed by atoms with Crippen LogP contribution in [0.1, 0.15) is 23.0 Å². The summed E-state index contributed by atoms with van der Waals surface area (Å²) in [4.78, 5) is 24.7. The van der Waals surface area contributed by atoms with Gasteiger partial charge in [-0.15, -0.1) is 0 Å². The van der Waals surface area contributed by atoms with Crippen molar-refractivity contribution in [3.05, 3.63) is 59.8 Å². The molecule has 0 fully saturated rings. The Balaban J connectivity index is 1.54. The van der Waals surface area contributed by atoms with E-state index >= 15 is 0 Å². The highest BCUT2D eigenvalue weighted by Crippen LogP contribution is 2.17. The highest BCUT2D eigenvalue weighted by atomic mass is 16.5. The molecule has 7 nitrogen and oxygen atoms in total. The number of amides is 2. The van der Waals surface area contributed by atoms with Crippen molar-refractivity contribution in [1.29, 1.82) is 0 Å². The van der Waals surface area contributed by atoms with E-state index in [0.29, 0.717) is 13.0 Å². The van der Waals surface area contributed by atoms with Crippen LogP contribution in [0, 0.1) is 0 Å². The summed E-state index contributed by atoms with van der Waals surface area (Å²) in [6.07, 6.45) is 0.639. The lowest BCUT2D eigenvalue weighted by atomic mass is 10.1. The number of carbonyl (C=O) groups excluding carboxylic acids is 2. The third-order valence-corrected chi connectivity index (χ3v) is 4.31. The van der Waals surface area contributed by atoms with Gasteiger partial charge in [-0.2, -0.15) is 5.10 Å². The van der Waals surface area contributed by atoms with Crippen LogP contribution in [0.3, 0.4) is 0 Å². The van der Waals surface area contributed by atoms with E-state index in [2.05, 4.69) is 20.8 Å². The van der Waals surface area contributed by atoms with Gasteiger partial charge in [-0.05, 0) is 31.0 Å². The van der Waals surface area contributed by atoms with Crippen molar-refractivity contribution >= 4 is 22.7 Å². The number of benzene rings is 2. The van der Waals surface area contributed by atoms with Gasteiger partial charge in [0.25, 0.3) is 5.91 Å². The van der Waals surface area contributed by atoms with E-state index in [4.69, 9.17) is 4.74 Å². The van der Waals surface area contributed by atoms with Crippen molar-refractivity contribution in [2.45, 2.75) is 19.4 Å². The van der Waals surface area contributed by atoms with Crippen LogP contribution in [0.25, 0.3) is 10.9 Å². The van der Waals surface area contributed by atoms with Crippen LogP contribution in [0.4, 0.5) is 0 Å². The summed E-state index contributed by atoms with van der Waals surface area (Å²) in [5, 5.41) is 13.1. The van der Waals surface area contributed by atoms with Crippen LogP contribution in [0.15, 0.2) is 48.5 Å². The lowest BCUT2D eigenvalue weighted by molar-refractivity contribution is -0.122. The summed E-state index contributed by atoms with van der Waals surface area (Å²) >= 11 is 0. The first-order chi connectivity index (χ1) is 13.1. The number of methoxy groups -OCH3 is 1. The molecule has 140 valence electrons. The fraction of sp³-hybridized carbons (Fsp3) is 0.250. The number of rotatable bonds is 7. The zero-order valence-corrected chi connectivity index (χ0v) is 15.3. The Morgan fingerprint density at radius 1 is 1.15 bits per heavy atom. The van der Waals surface area contributed by atoms with Crippen molar-refractivity contribution < 1.29 is 14.3 Å². The molecule has 0 aliphatic carbocycles. The van der Waals surface area contributed by atoms with E-state index < -0.39 is 6.04 Å². The summed E-state index contributed by atoms with van der Waals surface area (Å²) in [6.45, 7) is 2.09. The Labute approximate surface area is 157 Å². The number of hydrogen-bond donors (Lipinski definition) is 3. The van der Waals surface area contributed by atoms with Crippen LogP contribution >= 0.6 is 0 Å². The zero-order valence-electron chi connectivity index (χ0n) is 15.3. The van der Waals surface area contributed by atoms with Crippen molar-refractivity contribution in [1.82, 2.24) is 20.8 Å². The maximum absolute atomic E-state index is 12.4. The topological polar surface area (TPSA) is 96.1 Å². The largest absolute Gasteiger partial charge is 0.496 e. The number of H-pyrrole nitrogens is 1. The van der Waals surface area contributed by atoms with E-state index in [1.54, 1.807) is 14.0 Å². The Morgan fingerprint density at radius 3 is 2.70 bits per heavy atom. The molecule has 7 heteroatoms. The van der Waals surface area contributed by atoms with Crippen LogP contribution in [-0.2, 0) is 11.2 Å². The number of aromatic nitrogens is 2. The number of carbonyl (C=O) groups is 2. The van der Waals surface area contributed by atoms with Gasteiger partial charge >= 0.3 is 0 Å². The molecule has 3 rings (SSSR count). The average molecular weight is 366 g/mol. The third-order valence-electron chi connectivity index (χ3n) is 4.31. The standard InChI is InChI=1S/C20H22N4O3/c1-13(19(25)21-12-11-14-7-3-6-10-17(14)27-2)22-20(26)18-15-8-4-5-9-16(15)23-24-18/h3-10,13H,11-12H2,1-2H3,(H,21,25)(H,22,26)(H,23,24). The summed E-state index contributed by atoms with van der Waals surface area (Å²) < 4.78 is 5.30. The van der Waals surface area contributed by atoms with E-state index in [0.717, 1.165) is 22.2 Å². The van der Waals surface area contributed by atoms with E-state index in [9.17, 15) is 9.59 Å². The second-order valence-corrected chi connectivity index (χ2v) is 6.17. The summed E-state index contributed by atoms with van der Waals surface area (Å²) in [7, 11) is 1.62. The smallest absolute Gasteiger partial charge is 0.273 e. The van der Waals surface area contributed by atoms with Gasteiger partial charge in [0.15, 0.2) is 5.69 Å². The Morgan fingerprint density at radius 2 is 1.89 bits per heavy atom. The molecule has 3 aromatic rings. The molecule has 0 aliphatic heterocycles. The van der Waals surface area contributed by atoms with Crippen molar-refractivity contribution in [2.75, 3.05) is 13.7 Å². The lowest BCUT2D eigenvalue weighted by Crippen LogP contribution is -2.45. The minimum Gasteiger partial charge on any atom is -0.496 e. The number of para-hydroxylation sites is 2. The number of hydrogen-bond acceptors (Lipinski definition) is 4. The minimum absolute atomic E-state index is 0.252. The molecule has 2 amide bonds. The second-order valence-electron chi connectivity index (χ2n) is 6.17. The molecule has 0 bridgehead atoms. The zero-order chi connectivity index (χ0) is 19.2. The molecule has 0 aliphatic rings. The summed E-state index contributed by atoms with van der Waals surface area (Å²) in [6, 6.07) is 14.3. The minimum atomic E-state index is -0.675. The number of aromatic amines is 1. The normalized spacial score (nSPS) is 11.8. The predicted molar refractivity (Wildman–Crippen MR) is 103 cm³/mol. The van der Waals surface area contributed by atoms with Crippen LogP contribution < -0.4 is 15.4 Å². The molecule has 0 saturated heterocycles. The molecule has 27 heavy (non-hydrogen) atoms. The Kier molecular flexibility index (Phi) is 5.71. The van der Waals surface area contributed by atoms with Gasteiger partial charge in [-0.25, -0.2) is 0 Å². The van der Waals surface area contributed by atoms with Gasteiger partial charge in [-0.1, -0.05) is 36.4 Å². The first-order valence-electron chi connectivity index (χ1n) is 8.73. The molecule has 1 unspecified atom stereocenters. The predicted octanol–water partition coefficient (Wildman–Crippen LogP) is 2.05. The number of nitrogens with zero attached hydrogens (tertiary/aromatic N) is 1. The van der Waals surface area contributed by atoms with Crippen molar-refractivity contribution in [3.63, 3.8) is 0 Å². The Bertz CT molecular complexity index is 951. The molecule has 0 spiro atoms. The van der Waals surface area contributed by atoms with Gasteiger partial charge in [0.05, 0.1) is 12.6 Å². The van der Waals surface area contributed by atoms with E-state index in [1.807, 2.05) is 48.5 Å². The lowest BCUT2D eigenvalue weighted by Gasteiger charge is -2.14. The molecular formula is C20H22N4O3. The third kappa shape index (κ3) is 4.25. The fourth-order valence-electron chi connectivity index (χ4n) is 2.85. The highest BCUT2D eigenvalue weighted by molar-refractivity contribution is 6.05. The molecular weight excluding hydrogens is 344 g/mol. The SMILES string of the molecule is COc1ccccc1CCNC(=O)C(C)NC(=O)c1n[nH]c2ccccc12. The van der Waals surface area contributed by atoms with Crippen LogP contribution in [0.2, 0.25) is 0 Å². The van der Waals surface area contributed by atoms with E-state index in [1.165, 1.54) is 0 Å². The average Bonchev–Trinajstić information content (AvgIpc) is 3.12. The monoisotopic (exact) mass is 366 g/mol. The fourth-order valence-corrected chi connectivity index (χ4v) is 2.85. The van der Waals surface area contributed by atoms with Crippen molar-refractivity contribution in [3.8, 4) is 5.75 Å². The number of ether oxygens (including phenoxy) is 1. The molecule has 0 saturated carbocycles. The Hall–Kier alpha value is -3.35. The maximum Gasteiger partial charge on any atom is 0.273 e. The first-order valence-corrected chi connectivity index (χ1v) is 8.73. The van der Waals surface area contributed by atoms with Crippen LogP contribution in [0.5, 0.6) is 5.75 Å². The number of fused-ring (bicyclic) bond motifs is 1. The van der Waals surface area contributed by atoms with Gasteiger partial charge in [-0.3, -0.25) is 14.7 Å². The maximum atomic E-state index is 12.4. The van der Waals surface area contributed by atoms with Gasteiger partial charge < -0.3 is 15.4 Å². The molecule has 2 aromatic carbocycles. The van der Waals surface area contributed by atoms with Gasteiger partial charge in [0, 0.05) is 11.9 Å².